The first-order valence-electron chi connectivity index (χ1n) is 5.97. The van der Waals surface area contributed by atoms with Crippen LogP contribution in [0.1, 0.15) is 38.7 Å². The lowest BCUT2D eigenvalue weighted by molar-refractivity contribution is 0.0891. The van der Waals surface area contributed by atoms with Crippen LogP contribution in [0.15, 0.2) is 28.7 Å². The summed E-state index contributed by atoms with van der Waals surface area (Å²) in [5, 5.41) is 0. The van der Waals surface area contributed by atoms with E-state index in [0.29, 0.717) is 11.5 Å². The van der Waals surface area contributed by atoms with E-state index in [2.05, 4.69) is 0 Å². The summed E-state index contributed by atoms with van der Waals surface area (Å²) < 4.78 is 31.7. The van der Waals surface area contributed by atoms with Crippen molar-refractivity contribution >= 4 is 11.6 Å². The Bertz CT molecular complexity index is 686. The summed E-state index contributed by atoms with van der Waals surface area (Å²) in [5.41, 5.74) is -0.135. The number of carbonyl (C=O) groups excluding carboxylic acids is 2. The highest BCUT2D eigenvalue weighted by Crippen LogP contribution is 2.18. The van der Waals surface area contributed by atoms with Crippen molar-refractivity contribution in [2.75, 3.05) is 0 Å². The minimum absolute atomic E-state index is 0.285. The molecule has 104 valence electrons. The fraction of sp³-hybridized carbons (Fsp3) is 0.200. The zero-order valence-corrected chi connectivity index (χ0v) is 11.0. The van der Waals surface area contributed by atoms with Gasteiger partial charge in [0.15, 0.2) is 23.2 Å². The van der Waals surface area contributed by atoms with Crippen molar-refractivity contribution in [1.29, 1.82) is 0 Å². The Balaban J connectivity index is 2.22. The van der Waals surface area contributed by atoms with Gasteiger partial charge in [-0.25, -0.2) is 8.78 Å². The van der Waals surface area contributed by atoms with Crippen molar-refractivity contribution in [3.8, 4) is 0 Å². The summed E-state index contributed by atoms with van der Waals surface area (Å²) in [6.45, 7) is 3.28. The van der Waals surface area contributed by atoms with Gasteiger partial charge in [0.25, 0.3) is 0 Å². The summed E-state index contributed by atoms with van der Waals surface area (Å²) in [5.74, 6) is -2.63. The number of ketones is 2. The zero-order chi connectivity index (χ0) is 14.9. The normalized spacial score (nSPS) is 10.6. The summed E-state index contributed by atoms with van der Waals surface area (Å²) >= 11 is 0. The maximum absolute atomic E-state index is 13.5. The Kier molecular flexibility index (Phi) is 3.79. The van der Waals surface area contributed by atoms with E-state index in [1.165, 1.54) is 12.1 Å². The molecule has 0 aliphatic heterocycles. The van der Waals surface area contributed by atoms with E-state index in [1.54, 1.807) is 13.8 Å². The molecule has 1 heterocycles. The Morgan fingerprint density at radius 3 is 2.35 bits per heavy atom. The van der Waals surface area contributed by atoms with Crippen LogP contribution < -0.4 is 0 Å². The fourth-order valence-electron chi connectivity index (χ4n) is 1.96. The van der Waals surface area contributed by atoms with Crippen LogP contribution >= 0.6 is 0 Å². The molecule has 20 heavy (non-hydrogen) atoms. The molecule has 2 aromatic rings. The van der Waals surface area contributed by atoms with Gasteiger partial charge in [-0.05, 0) is 32.0 Å². The number of aryl methyl sites for hydroxylation is 2. The van der Waals surface area contributed by atoms with Gasteiger partial charge in [-0.2, -0.15) is 0 Å². The van der Waals surface area contributed by atoms with Crippen molar-refractivity contribution in [2.45, 2.75) is 20.3 Å². The van der Waals surface area contributed by atoms with Crippen LogP contribution in [-0.4, -0.2) is 11.6 Å². The van der Waals surface area contributed by atoms with Gasteiger partial charge in [-0.15, -0.1) is 0 Å². The van der Waals surface area contributed by atoms with Crippen molar-refractivity contribution < 1.29 is 22.8 Å². The molecule has 3 nitrogen and oxygen atoms in total. The smallest absolute Gasteiger partial charge is 0.174 e. The molecule has 2 rings (SSSR count). The Hall–Kier alpha value is -2.30. The zero-order valence-electron chi connectivity index (χ0n) is 11.0. The third-order valence-corrected chi connectivity index (χ3v) is 2.91. The fourth-order valence-corrected chi connectivity index (χ4v) is 1.96. The van der Waals surface area contributed by atoms with Gasteiger partial charge in [0.1, 0.15) is 11.5 Å². The molecular formula is C15H12F2O3. The molecule has 0 N–H and O–H groups in total. The van der Waals surface area contributed by atoms with Gasteiger partial charge in [0.2, 0.25) is 0 Å². The van der Waals surface area contributed by atoms with Crippen molar-refractivity contribution in [3.63, 3.8) is 0 Å². The Labute approximate surface area is 114 Å². The highest BCUT2D eigenvalue weighted by atomic mass is 19.2. The van der Waals surface area contributed by atoms with Gasteiger partial charge >= 0.3 is 0 Å². The SMILES string of the molecule is Cc1cc(C(=O)CC(=O)c2cccc(F)c2F)c(C)o1. The van der Waals surface area contributed by atoms with Crippen molar-refractivity contribution in [1.82, 2.24) is 0 Å². The summed E-state index contributed by atoms with van der Waals surface area (Å²) in [4.78, 5) is 23.8. The maximum Gasteiger partial charge on any atom is 0.174 e. The molecule has 0 atom stereocenters. The maximum atomic E-state index is 13.5. The molecule has 0 unspecified atom stereocenters. The number of rotatable bonds is 4. The Morgan fingerprint density at radius 2 is 1.75 bits per heavy atom. The quantitative estimate of drug-likeness (QED) is 0.633. The molecule has 0 aliphatic carbocycles. The molecule has 1 aromatic heterocycles. The first-order valence-corrected chi connectivity index (χ1v) is 5.97. The van der Waals surface area contributed by atoms with Crippen molar-refractivity contribution in [2.24, 2.45) is 0 Å². The standard InChI is InChI=1S/C15H12F2O3/c1-8-6-11(9(2)20-8)14(19)7-13(18)10-4-3-5-12(16)15(10)17/h3-6H,7H2,1-2H3. The largest absolute Gasteiger partial charge is 0.466 e. The van der Waals surface area contributed by atoms with Crippen molar-refractivity contribution in [3.05, 3.63) is 58.5 Å². The molecule has 0 saturated carbocycles. The van der Waals surface area contributed by atoms with Crippen LogP contribution in [0.3, 0.4) is 0 Å². The minimum Gasteiger partial charge on any atom is -0.466 e. The van der Waals surface area contributed by atoms with Gasteiger partial charge in [0, 0.05) is 0 Å². The van der Waals surface area contributed by atoms with E-state index in [-0.39, 0.29) is 5.56 Å². The first kappa shape index (κ1) is 14.1. The van der Waals surface area contributed by atoms with E-state index < -0.39 is 35.2 Å². The van der Waals surface area contributed by atoms with Crippen LogP contribution in [-0.2, 0) is 0 Å². The second-order valence-corrected chi connectivity index (χ2v) is 4.45. The van der Waals surface area contributed by atoms with Crippen LogP contribution in [0.4, 0.5) is 8.78 Å². The predicted molar refractivity (Wildman–Crippen MR) is 67.8 cm³/mol. The van der Waals surface area contributed by atoms with Crippen LogP contribution in [0.5, 0.6) is 0 Å². The number of furan rings is 1. The van der Waals surface area contributed by atoms with Gasteiger partial charge in [0.05, 0.1) is 17.5 Å². The van der Waals surface area contributed by atoms with E-state index >= 15 is 0 Å². The van der Waals surface area contributed by atoms with Crippen LogP contribution in [0.25, 0.3) is 0 Å². The molecule has 5 heteroatoms. The average molecular weight is 278 g/mol. The molecule has 0 radical (unpaired) electrons. The lowest BCUT2D eigenvalue weighted by atomic mass is 10.0. The lowest BCUT2D eigenvalue weighted by Crippen LogP contribution is -2.11. The first-order chi connectivity index (χ1) is 9.40. The second kappa shape index (κ2) is 5.36. The monoisotopic (exact) mass is 278 g/mol. The summed E-state index contributed by atoms with van der Waals surface area (Å²) in [7, 11) is 0. The molecule has 0 fully saturated rings. The number of hydrogen-bond acceptors (Lipinski definition) is 3. The average Bonchev–Trinajstić information content (AvgIpc) is 2.71. The summed E-state index contributed by atoms with van der Waals surface area (Å²) in [6.07, 6.45) is -0.528. The van der Waals surface area contributed by atoms with Crippen LogP contribution in [0.2, 0.25) is 0 Å². The number of hydrogen-bond donors (Lipinski definition) is 0. The number of halogens is 2. The number of benzene rings is 1. The molecule has 0 bridgehead atoms. The van der Waals surface area contributed by atoms with Gasteiger partial charge < -0.3 is 4.42 Å². The second-order valence-electron chi connectivity index (χ2n) is 4.45. The third kappa shape index (κ3) is 2.66. The molecular weight excluding hydrogens is 266 g/mol. The van der Waals surface area contributed by atoms with Gasteiger partial charge in [-0.3, -0.25) is 9.59 Å². The number of carbonyl (C=O) groups is 2. The summed E-state index contributed by atoms with van der Waals surface area (Å²) in [6, 6.07) is 4.81. The highest BCUT2D eigenvalue weighted by Gasteiger charge is 2.21. The van der Waals surface area contributed by atoms with E-state index in [4.69, 9.17) is 4.42 Å². The Morgan fingerprint density at radius 1 is 1.10 bits per heavy atom. The van der Waals surface area contributed by atoms with E-state index in [9.17, 15) is 18.4 Å². The minimum atomic E-state index is -1.23. The predicted octanol–water partition coefficient (Wildman–Crippen LogP) is 3.63. The molecule has 0 saturated heterocycles. The van der Waals surface area contributed by atoms with Crippen LogP contribution in [0, 0.1) is 25.5 Å². The van der Waals surface area contributed by atoms with Gasteiger partial charge in [-0.1, -0.05) is 6.07 Å². The van der Waals surface area contributed by atoms with E-state index in [1.807, 2.05) is 0 Å². The highest BCUT2D eigenvalue weighted by molar-refractivity contribution is 6.13. The van der Waals surface area contributed by atoms with E-state index in [0.717, 1.165) is 12.1 Å². The lowest BCUT2D eigenvalue weighted by Gasteiger charge is -2.02. The molecule has 1 aromatic carbocycles. The topological polar surface area (TPSA) is 47.3 Å². The number of Topliss-reactive ketones (excluding diaryl/α,β-unsaturated/α-hetero) is 2. The molecule has 0 aliphatic rings. The molecule has 0 amide bonds. The molecule has 0 spiro atoms. The third-order valence-electron chi connectivity index (χ3n) is 2.91.